The summed E-state index contributed by atoms with van der Waals surface area (Å²) in [7, 11) is 0. The largest absolute Gasteiger partial charge is 0.356 e. The molecule has 3 aliphatic heterocycles. The maximum atomic E-state index is 12.6. The van der Waals surface area contributed by atoms with Crippen molar-refractivity contribution in [3.8, 4) is 0 Å². The zero-order valence-electron chi connectivity index (χ0n) is 13.8. The molecule has 0 saturated carbocycles. The van der Waals surface area contributed by atoms with Crippen molar-refractivity contribution in [2.75, 3.05) is 65.4 Å². The van der Waals surface area contributed by atoms with E-state index in [1.807, 2.05) is 9.80 Å². The van der Waals surface area contributed by atoms with Gasteiger partial charge in [0.25, 0.3) is 0 Å². The first-order valence-electron chi connectivity index (χ1n) is 8.48. The van der Waals surface area contributed by atoms with Crippen LogP contribution in [0.25, 0.3) is 0 Å². The summed E-state index contributed by atoms with van der Waals surface area (Å²) in [4.78, 5) is 36.3. The number of urea groups is 1. The number of piperazine rings is 2. The van der Waals surface area contributed by atoms with Crippen LogP contribution in [-0.4, -0.2) is 103 Å². The van der Waals surface area contributed by atoms with E-state index in [1.54, 1.807) is 11.8 Å². The lowest BCUT2D eigenvalue weighted by molar-refractivity contribution is -0.130. The number of amides is 3. The highest BCUT2D eigenvalue weighted by atomic mass is 16.2. The zero-order valence-corrected chi connectivity index (χ0v) is 13.8. The molecule has 0 spiro atoms. The Morgan fingerprint density at radius 2 is 1.48 bits per heavy atom. The molecular formula is C15H26N6O2. The van der Waals surface area contributed by atoms with Crippen molar-refractivity contribution in [2.45, 2.75) is 13.3 Å². The quantitative estimate of drug-likeness (QED) is 0.636. The predicted molar refractivity (Wildman–Crippen MR) is 87.3 cm³/mol. The highest BCUT2D eigenvalue weighted by Crippen LogP contribution is 2.10. The molecule has 3 aliphatic rings. The summed E-state index contributed by atoms with van der Waals surface area (Å²) in [5, 5.41) is 3.34. The van der Waals surface area contributed by atoms with Gasteiger partial charge in [-0.1, -0.05) is 0 Å². The molecule has 128 valence electrons. The number of hydrogen-bond acceptors (Lipinski definition) is 5. The van der Waals surface area contributed by atoms with E-state index in [-0.39, 0.29) is 11.9 Å². The average Bonchev–Trinajstić information content (AvgIpc) is 2.62. The van der Waals surface area contributed by atoms with Gasteiger partial charge in [0.05, 0.1) is 0 Å². The molecule has 0 radical (unpaired) electrons. The molecule has 2 fully saturated rings. The molecule has 0 aromatic heterocycles. The average molecular weight is 322 g/mol. The molecule has 2 saturated heterocycles. The Hall–Kier alpha value is -1.99. The molecule has 0 aromatic rings. The van der Waals surface area contributed by atoms with Gasteiger partial charge in [0.1, 0.15) is 0 Å². The van der Waals surface area contributed by atoms with Crippen LogP contribution in [0.3, 0.4) is 0 Å². The van der Waals surface area contributed by atoms with Gasteiger partial charge < -0.3 is 24.9 Å². The van der Waals surface area contributed by atoms with E-state index in [1.165, 1.54) is 0 Å². The summed E-state index contributed by atoms with van der Waals surface area (Å²) in [6.45, 7) is 9.11. The van der Waals surface area contributed by atoms with Gasteiger partial charge in [-0.05, 0) is 6.42 Å². The third kappa shape index (κ3) is 3.68. The Balaban J connectivity index is 1.47. The Kier molecular flexibility index (Phi) is 4.88. The number of carbonyl (C=O) groups excluding carboxylic acids is 2. The Morgan fingerprint density at radius 1 is 0.913 bits per heavy atom. The van der Waals surface area contributed by atoms with Gasteiger partial charge in [-0.25, -0.2) is 4.79 Å². The highest BCUT2D eigenvalue weighted by molar-refractivity contribution is 5.81. The van der Waals surface area contributed by atoms with Gasteiger partial charge in [0.2, 0.25) is 5.91 Å². The van der Waals surface area contributed by atoms with Gasteiger partial charge in [-0.3, -0.25) is 9.79 Å². The summed E-state index contributed by atoms with van der Waals surface area (Å²) >= 11 is 0. The molecule has 0 aliphatic carbocycles. The first-order valence-corrected chi connectivity index (χ1v) is 8.48. The number of nitrogens with zero attached hydrogens (tertiary/aromatic N) is 5. The van der Waals surface area contributed by atoms with E-state index in [9.17, 15) is 9.59 Å². The minimum Gasteiger partial charge on any atom is -0.356 e. The molecule has 8 nitrogen and oxygen atoms in total. The predicted octanol–water partition coefficient (Wildman–Crippen LogP) is -0.763. The summed E-state index contributed by atoms with van der Waals surface area (Å²) in [6.07, 6.45) is 1.09. The van der Waals surface area contributed by atoms with Crippen molar-refractivity contribution in [3.05, 3.63) is 0 Å². The first-order chi connectivity index (χ1) is 11.1. The first kappa shape index (κ1) is 15.9. The van der Waals surface area contributed by atoms with Gasteiger partial charge in [-0.2, -0.15) is 0 Å². The van der Waals surface area contributed by atoms with E-state index in [2.05, 4.69) is 15.2 Å². The molecule has 3 heterocycles. The highest BCUT2D eigenvalue weighted by Gasteiger charge is 2.29. The van der Waals surface area contributed by atoms with E-state index in [0.29, 0.717) is 26.2 Å². The van der Waals surface area contributed by atoms with Crippen LogP contribution < -0.4 is 5.32 Å². The second-order valence-electron chi connectivity index (χ2n) is 6.24. The van der Waals surface area contributed by atoms with E-state index >= 15 is 0 Å². The van der Waals surface area contributed by atoms with Gasteiger partial charge in [0.15, 0.2) is 5.96 Å². The third-order valence-electron chi connectivity index (χ3n) is 4.72. The van der Waals surface area contributed by atoms with Gasteiger partial charge in [-0.15, -0.1) is 0 Å². The number of nitrogens with one attached hydrogen (secondary N) is 1. The molecular weight excluding hydrogens is 296 g/mol. The number of carbonyl (C=O) groups is 2. The molecule has 0 bridgehead atoms. The standard InChI is InChI=1S/C15H26N6O2/c1-13(22)18-5-9-20(10-6-18)15(23)21-11-7-19(8-12-21)14-16-3-2-4-17-14/h2-12H2,1H3,(H,16,17). The van der Waals surface area contributed by atoms with Crippen LogP contribution in [0.2, 0.25) is 0 Å². The smallest absolute Gasteiger partial charge is 0.320 e. The summed E-state index contributed by atoms with van der Waals surface area (Å²) in [5.74, 6) is 1.07. The zero-order chi connectivity index (χ0) is 16.2. The summed E-state index contributed by atoms with van der Waals surface area (Å²) in [5.41, 5.74) is 0. The number of hydrogen-bond donors (Lipinski definition) is 1. The van der Waals surface area contributed by atoms with Crippen LogP contribution in [0.15, 0.2) is 4.99 Å². The van der Waals surface area contributed by atoms with Crippen molar-refractivity contribution in [2.24, 2.45) is 4.99 Å². The Bertz CT molecular complexity index is 478. The van der Waals surface area contributed by atoms with Crippen molar-refractivity contribution in [1.29, 1.82) is 0 Å². The minimum atomic E-state index is 0.0893. The fraction of sp³-hybridized carbons (Fsp3) is 0.800. The molecule has 0 atom stereocenters. The lowest BCUT2D eigenvalue weighted by atomic mass is 10.3. The van der Waals surface area contributed by atoms with Crippen molar-refractivity contribution < 1.29 is 9.59 Å². The second kappa shape index (κ2) is 7.06. The van der Waals surface area contributed by atoms with Crippen molar-refractivity contribution in [1.82, 2.24) is 24.9 Å². The molecule has 23 heavy (non-hydrogen) atoms. The van der Waals surface area contributed by atoms with Gasteiger partial charge >= 0.3 is 6.03 Å². The molecule has 3 rings (SSSR count). The molecule has 3 amide bonds. The third-order valence-corrected chi connectivity index (χ3v) is 4.72. The Labute approximate surface area is 137 Å². The van der Waals surface area contributed by atoms with Crippen molar-refractivity contribution >= 4 is 17.9 Å². The molecule has 0 unspecified atom stereocenters. The maximum absolute atomic E-state index is 12.6. The van der Waals surface area contributed by atoms with Gasteiger partial charge in [0, 0.05) is 72.4 Å². The van der Waals surface area contributed by atoms with E-state index < -0.39 is 0 Å². The van der Waals surface area contributed by atoms with Crippen LogP contribution in [0.5, 0.6) is 0 Å². The number of rotatable bonds is 0. The lowest BCUT2D eigenvalue weighted by Crippen LogP contribution is -2.59. The molecule has 0 aromatic carbocycles. The fourth-order valence-electron chi connectivity index (χ4n) is 3.25. The Morgan fingerprint density at radius 3 is 2.00 bits per heavy atom. The normalized spacial score (nSPS) is 22.6. The molecule has 8 heteroatoms. The van der Waals surface area contributed by atoms with Crippen LogP contribution in [0, 0.1) is 0 Å². The SMILES string of the molecule is CC(=O)N1CCN(C(=O)N2CCN(C3=NCCCN3)CC2)CC1. The van der Waals surface area contributed by atoms with Crippen LogP contribution in [0.1, 0.15) is 13.3 Å². The second-order valence-corrected chi connectivity index (χ2v) is 6.24. The maximum Gasteiger partial charge on any atom is 0.320 e. The summed E-state index contributed by atoms with van der Waals surface area (Å²) in [6, 6.07) is 0.103. The van der Waals surface area contributed by atoms with Crippen LogP contribution in [-0.2, 0) is 4.79 Å². The number of guanidine groups is 1. The van der Waals surface area contributed by atoms with Crippen LogP contribution in [0.4, 0.5) is 4.79 Å². The lowest BCUT2D eigenvalue weighted by Gasteiger charge is -2.41. The topological polar surface area (TPSA) is 71.5 Å². The fourth-order valence-corrected chi connectivity index (χ4v) is 3.25. The molecule has 1 N–H and O–H groups in total. The monoisotopic (exact) mass is 322 g/mol. The summed E-state index contributed by atoms with van der Waals surface area (Å²) < 4.78 is 0. The van der Waals surface area contributed by atoms with Crippen molar-refractivity contribution in [3.63, 3.8) is 0 Å². The minimum absolute atomic E-state index is 0.0893. The number of aliphatic imine (C=N–C) groups is 1. The van der Waals surface area contributed by atoms with E-state index in [4.69, 9.17) is 0 Å². The van der Waals surface area contributed by atoms with E-state index in [0.717, 1.165) is 51.6 Å². The van der Waals surface area contributed by atoms with Crippen LogP contribution >= 0.6 is 0 Å².